The molecule has 2 amide bonds. The summed E-state index contributed by atoms with van der Waals surface area (Å²) in [5.74, 6) is 2.39. The Morgan fingerprint density at radius 1 is 0.920 bits per heavy atom. The fourth-order valence-corrected chi connectivity index (χ4v) is 2.55. The number of carbonyl (C=O) groups excluding carboxylic acids is 2. The van der Waals surface area contributed by atoms with Gasteiger partial charge in [-0.3, -0.25) is 0 Å². The average Bonchev–Trinajstić information content (AvgIpc) is 2.58. The topological polar surface area (TPSA) is 77.0 Å². The van der Waals surface area contributed by atoms with Gasteiger partial charge in [-0.05, 0) is 0 Å². The van der Waals surface area contributed by atoms with E-state index in [0.29, 0.717) is 21.5 Å². The third-order valence-electron chi connectivity index (χ3n) is 2.64. The molecule has 0 aliphatic rings. The summed E-state index contributed by atoms with van der Waals surface area (Å²) in [5.41, 5.74) is 0. The summed E-state index contributed by atoms with van der Waals surface area (Å²) >= 11 is 11.2. The van der Waals surface area contributed by atoms with Gasteiger partial charge in [-0.1, -0.05) is 0 Å². The van der Waals surface area contributed by atoms with Crippen molar-refractivity contribution in [2.24, 2.45) is 4.99 Å². The number of amides is 2. The van der Waals surface area contributed by atoms with E-state index in [2.05, 4.69) is 10.3 Å². The van der Waals surface area contributed by atoms with E-state index >= 15 is 0 Å². The van der Waals surface area contributed by atoms with Crippen LogP contribution in [0.1, 0.15) is 0 Å². The van der Waals surface area contributed by atoms with Crippen molar-refractivity contribution in [1.29, 1.82) is 0 Å². The normalized spacial score (nSPS) is 10.9. The minimum absolute atomic E-state index is 0.172. The zero-order chi connectivity index (χ0) is 18.2. The van der Waals surface area contributed by atoms with Crippen molar-refractivity contribution in [1.82, 2.24) is 5.32 Å². The number of hydrogen-bond donors (Lipinski definition) is 1. The van der Waals surface area contributed by atoms with Crippen molar-refractivity contribution in [3.05, 3.63) is 58.6 Å². The van der Waals surface area contributed by atoms with Crippen LogP contribution >= 0.6 is 23.2 Å². The maximum absolute atomic E-state index is 11.8. The molecular weight excluding hydrogens is 434 g/mol. The number of halogens is 2. The minimum atomic E-state index is -0.854. The second-order valence-corrected chi connectivity index (χ2v) is 6.95. The van der Waals surface area contributed by atoms with E-state index in [4.69, 9.17) is 32.7 Å². The molecule has 9 heteroatoms. The molecule has 2 rings (SSSR count). The third-order valence-corrected chi connectivity index (χ3v) is 4.36. The van der Waals surface area contributed by atoms with Gasteiger partial charge < -0.3 is 0 Å². The fourth-order valence-electron chi connectivity index (χ4n) is 1.56. The van der Waals surface area contributed by atoms with Gasteiger partial charge >= 0.3 is 160 Å². The van der Waals surface area contributed by atoms with Crippen LogP contribution in [0, 0.1) is 0 Å². The summed E-state index contributed by atoms with van der Waals surface area (Å²) in [5, 5.41) is 3.46. The molecule has 0 aliphatic carbocycles. The second kappa shape index (κ2) is 9.44. The predicted octanol–water partition coefficient (Wildman–Crippen LogP) is 4.39. The molecule has 0 spiro atoms. The molecule has 6 nitrogen and oxygen atoms in total. The number of carbonyl (C=O) groups is 2. The Morgan fingerprint density at radius 3 is 1.88 bits per heavy atom. The van der Waals surface area contributed by atoms with E-state index < -0.39 is 12.2 Å². The van der Waals surface area contributed by atoms with E-state index in [1.54, 1.807) is 42.2 Å². The molecule has 0 atom stereocenters. The van der Waals surface area contributed by atoms with E-state index in [0.717, 1.165) is 0 Å². The van der Waals surface area contributed by atoms with Crippen LogP contribution in [-0.2, 0) is 0 Å². The summed E-state index contributed by atoms with van der Waals surface area (Å²) in [6.07, 6.45) is -1.61. The Bertz CT molecular complexity index is 780. The number of benzene rings is 2. The zero-order valence-electron chi connectivity index (χ0n) is 12.9. The quantitative estimate of drug-likeness (QED) is 0.431. The number of amidine groups is 1. The Labute approximate surface area is 160 Å². The van der Waals surface area contributed by atoms with Gasteiger partial charge in [0.25, 0.3) is 0 Å². The van der Waals surface area contributed by atoms with Crippen LogP contribution in [0.25, 0.3) is 0 Å². The van der Waals surface area contributed by atoms with Crippen LogP contribution in [-0.4, -0.2) is 31.9 Å². The molecule has 0 aromatic heterocycles. The first-order chi connectivity index (χ1) is 12.0. The van der Waals surface area contributed by atoms with Gasteiger partial charge in [-0.15, -0.1) is 0 Å². The van der Waals surface area contributed by atoms with E-state index in [1.165, 1.54) is 12.1 Å². The summed E-state index contributed by atoms with van der Waals surface area (Å²) in [7, 11) is 0. The summed E-state index contributed by atoms with van der Waals surface area (Å²) in [6, 6.07) is 12.5. The molecule has 0 aliphatic heterocycles. The molecule has 2 aromatic carbocycles. The Morgan fingerprint density at radius 2 is 1.40 bits per heavy atom. The van der Waals surface area contributed by atoms with Crippen LogP contribution in [0.4, 0.5) is 9.59 Å². The molecule has 0 unspecified atom stereocenters. The SMILES string of the molecule is C[Se]/C(=N\C(=O)Oc1ccc(Cl)cc1)NC(=O)Oc1ccc(Cl)cc1. The van der Waals surface area contributed by atoms with Crippen molar-refractivity contribution in [2.75, 3.05) is 0 Å². The van der Waals surface area contributed by atoms with Crippen molar-refractivity contribution < 1.29 is 19.1 Å². The van der Waals surface area contributed by atoms with Crippen molar-refractivity contribution in [3.63, 3.8) is 0 Å². The molecule has 0 radical (unpaired) electrons. The first-order valence-corrected chi connectivity index (χ1v) is 10.1. The van der Waals surface area contributed by atoms with E-state index in [9.17, 15) is 9.59 Å². The van der Waals surface area contributed by atoms with Crippen molar-refractivity contribution in [3.8, 4) is 11.5 Å². The van der Waals surface area contributed by atoms with Crippen LogP contribution in [0.15, 0.2) is 53.5 Å². The Hall–Kier alpha value is -2.05. The van der Waals surface area contributed by atoms with Gasteiger partial charge in [0.1, 0.15) is 0 Å². The molecule has 2 aromatic rings. The van der Waals surface area contributed by atoms with Crippen molar-refractivity contribution in [2.45, 2.75) is 5.82 Å². The number of aliphatic imine (C=N–C) groups is 1. The molecule has 0 saturated carbocycles. The van der Waals surface area contributed by atoms with Crippen LogP contribution < -0.4 is 14.8 Å². The monoisotopic (exact) mass is 446 g/mol. The van der Waals surface area contributed by atoms with Gasteiger partial charge in [0.05, 0.1) is 0 Å². The number of hydrogen-bond acceptors (Lipinski definition) is 4. The maximum atomic E-state index is 11.8. The number of nitrogens with zero attached hydrogens (tertiary/aromatic N) is 1. The summed E-state index contributed by atoms with van der Waals surface area (Å²) in [4.78, 5) is 27.4. The Balaban J connectivity index is 1.94. The van der Waals surface area contributed by atoms with Crippen molar-refractivity contribution >= 4 is 55.1 Å². The molecule has 1 N–H and O–H groups in total. The van der Waals surface area contributed by atoms with E-state index in [-0.39, 0.29) is 19.7 Å². The van der Waals surface area contributed by atoms with Gasteiger partial charge in [-0.25, -0.2) is 0 Å². The van der Waals surface area contributed by atoms with Crippen LogP contribution in [0.2, 0.25) is 15.9 Å². The standard InChI is InChI=1S/C16H12Cl2N2O4Se/c1-25-14(19-15(21)23-12-6-2-10(17)3-7-12)20-16(22)24-13-8-4-11(18)5-9-13/h2-9H,1H3,(H,19,20,21,22). The van der Waals surface area contributed by atoms with Crippen LogP contribution in [0.5, 0.6) is 11.5 Å². The summed E-state index contributed by atoms with van der Waals surface area (Å²) in [6.45, 7) is 0. The molecule has 130 valence electrons. The first kappa shape index (κ1) is 19.3. The molecule has 0 saturated heterocycles. The molecule has 0 fully saturated rings. The third kappa shape index (κ3) is 6.76. The van der Waals surface area contributed by atoms with E-state index in [1.807, 2.05) is 0 Å². The average molecular weight is 446 g/mol. The molecule has 0 bridgehead atoms. The number of rotatable bonds is 3. The molecule has 0 heterocycles. The second-order valence-electron chi connectivity index (χ2n) is 4.41. The van der Waals surface area contributed by atoms with Gasteiger partial charge in [0.2, 0.25) is 0 Å². The van der Waals surface area contributed by atoms with Gasteiger partial charge in [0.15, 0.2) is 0 Å². The zero-order valence-corrected chi connectivity index (χ0v) is 16.1. The van der Waals surface area contributed by atoms with Gasteiger partial charge in [-0.2, -0.15) is 0 Å². The van der Waals surface area contributed by atoms with Gasteiger partial charge in [0, 0.05) is 0 Å². The Kier molecular flexibility index (Phi) is 7.28. The predicted molar refractivity (Wildman–Crippen MR) is 97.1 cm³/mol. The fraction of sp³-hybridized carbons (Fsp3) is 0.0625. The molecule has 25 heavy (non-hydrogen) atoms. The number of nitrogens with one attached hydrogen (secondary N) is 1. The molecular formula is C16H12Cl2N2O4Se. The number of ether oxygens (including phenoxy) is 2. The summed E-state index contributed by atoms with van der Waals surface area (Å²) < 4.78 is 10.3. The first-order valence-electron chi connectivity index (χ1n) is 6.81. The van der Waals surface area contributed by atoms with Crippen LogP contribution in [0.3, 0.4) is 0 Å².